The number of fused-ring (bicyclic) bond motifs is 22. The van der Waals surface area contributed by atoms with Crippen molar-refractivity contribution in [3.63, 3.8) is 0 Å². The van der Waals surface area contributed by atoms with E-state index in [1.165, 1.54) is 269 Å². The minimum atomic E-state index is -0.698. The zero-order valence-electron chi connectivity index (χ0n) is 74.3. The van der Waals surface area contributed by atoms with Crippen molar-refractivity contribution in [1.29, 1.82) is 0 Å². The van der Waals surface area contributed by atoms with Crippen LogP contribution in [-0.4, -0.2) is 18.3 Å². The molecule has 26 aromatic rings. The number of para-hydroxylation sites is 4. The third kappa shape index (κ3) is 10.8. The molecule has 134 heavy (non-hydrogen) atoms. The first kappa shape index (κ1) is 76.0. The normalized spacial score (nSPS) is 13.2. The van der Waals surface area contributed by atoms with Gasteiger partial charge in [0.2, 0.25) is 0 Å². The summed E-state index contributed by atoms with van der Waals surface area (Å²) in [5, 5.41) is 19.7. The van der Waals surface area contributed by atoms with Gasteiger partial charge in [0.1, 0.15) is 0 Å². The van der Waals surface area contributed by atoms with E-state index in [9.17, 15) is 0 Å². The van der Waals surface area contributed by atoms with Crippen LogP contribution in [0.25, 0.3) is 219 Å². The molecule has 0 bridgehead atoms. The molecule has 22 aromatic carbocycles. The van der Waals surface area contributed by atoms with E-state index < -0.39 is 10.8 Å². The summed E-state index contributed by atoms with van der Waals surface area (Å²) in [7, 11) is 6.61. The number of hydrogen-bond acceptors (Lipinski definition) is 0. The fourth-order valence-electron chi connectivity index (χ4n) is 24.9. The number of rotatable bonds is 12. The fraction of sp³-hybridized carbons (Fsp3) is 0.0462. The molecule has 0 radical (unpaired) electrons. The van der Waals surface area contributed by atoms with Crippen LogP contribution >= 0.6 is 0 Å². The summed E-state index contributed by atoms with van der Waals surface area (Å²) in [4.78, 5) is 0. The van der Waals surface area contributed by atoms with Gasteiger partial charge in [-0.3, -0.25) is 0 Å². The van der Waals surface area contributed by atoms with E-state index in [2.05, 4.69) is 494 Å². The van der Waals surface area contributed by atoms with Crippen molar-refractivity contribution in [2.24, 2.45) is 21.1 Å². The second-order valence-corrected chi connectivity index (χ2v) is 37.3. The Balaban J connectivity index is 0.617. The van der Waals surface area contributed by atoms with Gasteiger partial charge in [-0.15, -0.1) is 0 Å². The summed E-state index contributed by atoms with van der Waals surface area (Å²) in [6, 6.07) is 174. The average Bonchev–Trinajstić information content (AvgIpc) is 1.51. The highest BCUT2D eigenvalue weighted by Gasteiger charge is 2.48. The minimum absolute atomic E-state index is 0.583. The minimum Gasteiger partial charge on any atom is -0.344 e. The van der Waals surface area contributed by atoms with Crippen LogP contribution in [-0.2, 0) is 38.5 Å². The lowest BCUT2D eigenvalue weighted by Crippen LogP contribution is -2.28. The molecule has 28 rings (SSSR count). The molecular weight excluding hydrogens is 1620 g/mol. The summed E-state index contributed by atoms with van der Waals surface area (Å²) in [5.74, 6) is 0. The van der Waals surface area contributed by atoms with Crippen LogP contribution in [0.15, 0.2) is 455 Å². The average molecular weight is 1700 g/mol. The van der Waals surface area contributed by atoms with Crippen molar-refractivity contribution >= 4 is 130 Å². The second kappa shape index (κ2) is 29.0. The van der Waals surface area contributed by atoms with E-state index in [4.69, 9.17) is 0 Å². The van der Waals surface area contributed by atoms with Crippen LogP contribution in [0.1, 0.15) is 50.1 Å². The van der Waals surface area contributed by atoms with E-state index in [-0.39, 0.29) is 0 Å². The first-order valence-corrected chi connectivity index (χ1v) is 46.9. The Morgan fingerprint density at radius 2 is 0.463 bits per heavy atom. The third-order valence-corrected chi connectivity index (χ3v) is 30.8. The topological polar surface area (TPSA) is 19.7 Å². The molecule has 4 heterocycles. The molecule has 0 atom stereocenters. The van der Waals surface area contributed by atoms with Crippen molar-refractivity contribution in [2.75, 3.05) is 0 Å². The summed E-state index contributed by atoms with van der Waals surface area (Å²) >= 11 is 0. The van der Waals surface area contributed by atoms with E-state index >= 15 is 0 Å². The molecule has 2 aliphatic rings. The van der Waals surface area contributed by atoms with Crippen molar-refractivity contribution in [1.82, 2.24) is 18.3 Å². The van der Waals surface area contributed by atoms with E-state index in [0.717, 1.165) is 0 Å². The Kier molecular flexibility index (Phi) is 16.5. The molecule has 0 saturated heterocycles. The standard InChI is InChI=1S/C130H86N4/c1-131-121-54-24-19-41-100(121)113-71-81(61-68-122(113)131)91-43-26-47-104-108(91)77-109-92(44-27-48-105(109)127(104)85-59-63-96-95-38-16-21-51-115(95)129(117(96)73-85,87-30-8-4-9-31-87)88-32-10-5-11-33-88)82-62-69-124-114(72-82)101-42-20-25-55-123(101)134(124)79-80-56-67-116-112(70-80)97-64-60-86(74-118(97)130(116,89-34-12-6-13-35-89)90-36-14-7-15-37-90)128-106-49-28-45-93(83-57-65-102-98-39-17-22-52-119(98)132(2)125(102)75-83)110(106)78-111-94(46-29-50-107(111)128)84-58-66-103-99-40-18-23-53-120(99)133(3)126(103)76-84/h4-78H,79H2,1-3H3. The van der Waals surface area contributed by atoms with Crippen molar-refractivity contribution in [2.45, 2.75) is 17.4 Å². The van der Waals surface area contributed by atoms with E-state index in [0.29, 0.717) is 6.54 Å². The number of aromatic nitrogens is 4. The maximum Gasteiger partial charge on any atom is 0.0713 e. The number of nitrogens with zero attached hydrogens (tertiary/aromatic N) is 4. The molecule has 0 saturated carbocycles. The molecule has 0 fully saturated rings. The maximum atomic E-state index is 2.59. The molecule has 0 N–H and O–H groups in total. The second-order valence-electron chi connectivity index (χ2n) is 37.3. The Morgan fingerprint density at radius 1 is 0.164 bits per heavy atom. The van der Waals surface area contributed by atoms with Gasteiger partial charge in [-0.05, 0) is 273 Å². The van der Waals surface area contributed by atoms with Crippen LogP contribution in [0.2, 0.25) is 0 Å². The summed E-state index contributed by atoms with van der Waals surface area (Å²) in [6.07, 6.45) is 0. The lowest BCUT2D eigenvalue weighted by Gasteiger charge is -2.34. The van der Waals surface area contributed by atoms with Crippen molar-refractivity contribution < 1.29 is 0 Å². The van der Waals surface area contributed by atoms with Crippen LogP contribution in [0.3, 0.4) is 0 Å². The Morgan fingerprint density at radius 3 is 0.918 bits per heavy atom. The maximum absolute atomic E-state index is 2.59. The fourth-order valence-corrected chi connectivity index (χ4v) is 24.9. The summed E-state index contributed by atoms with van der Waals surface area (Å²) in [6.45, 7) is 0.653. The quantitative estimate of drug-likeness (QED) is 0.109. The molecule has 0 spiro atoms. The molecule has 2 aliphatic carbocycles. The zero-order valence-corrected chi connectivity index (χ0v) is 74.3. The number of benzene rings is 22. The predicted molar refractivity (Wildman–Crippen MR) is 564 cm³/mol. The van der Waals surface area contributed by atoms with Gasteiger partial charge in [0.15, 0.2) is 0 Å². The van der Waals surface area contributed by atoms with E-state index in [1.54, 1.807) is 0 Å². The molecule has 0 amide bonds. The third-order valence-electron chi connectivity index (χ3n) is 30.8. The predicted octanol–water partition coefficient (Wildman–Crippen LogP) is 33.1. The number of aryl methyl sites for hydroxylation is 3. The summed E-state index contributed by atoms with van der Waals surface area (Å²) < 4.78 is 9.64. The van der Waals surface area contributed by atoms with Crippen molar-refractivity contribution in [3.05, 3.63) is 505 Å². The van der Waals surface area contributed by atoms with Gasteiger partial charge in [-0.25, -0.2) is 0 Å². The lowest BCUT2D eigenvalue weighted by molar-refractivity contribution is 0.767. The zero-order chi connectivity index (χ0) is 88.3. The van der Waals surface area contributed by atoms with Crippen LogP contribution in [0.5, 0.6) is 0 Å². The molecule has 4 heteroatoms. The smallest absolute Gasteiger partial charge is 0.0713 e. The highest BCUT2D eigenvalue weighted by Crippen LogP contribution is 2.61. The molecule has 4 nitrogen and oxygen atoms in total. The molecular formula is C130H86N4. The Hall–Kier alpha value is -16.9. The molecule has 0 unspecified atom stereocenters. The van der Waals surface area contributed by atoms with Gasteiger partial charge in [0.25, 0.3) is 0 Å². The molecule has 4 aromatic heterocycles. The first-order chi connectivity index (χ1) is 66.2. The van der Waals surface area contributed by atoms with Crippen LogP contribution in [0.4, 0.5) is 0 Å². The van der Waals surface area contributed by atoms with E-state index in [1.807, 2.05) is 0 Å². The first-order valence-electron chi connectivity index (χ1n) is 46.9. The van der Waals surface area contributed by atoms with Crippen LogP contribution < -0.4 is 0 Å². The largest absolute Gasteiger partial charge is 0.344 e. The Labute approximate surface area is 775 Å². The lowest BCUT2D eigenvalue weighted by atomic mass is 9.67. The molecule has 626 valence electrons. The number of hydrogen-bond donors (Lipinski definition) is 0. The van der Waals surface area contributed by atoms with Gasteiger partial charge < -0.3 is 18.3 Å². The van der Waals surface area contributed by atoms with Gasteiger partial charge in [0, 0.05) is 115 Å². The van der Waals surface area contributed by atoms with Gasteiger partial charge in [-0.1, -0.05) is 364 Å². The Bertz CT molecular complexity index is 9250. The van der Waals surface area contributed by atoms with Gasteiger partial charge in [0.05, 0.1) is 10.8 Å². The van der Waals surface area contributed by atoms with Gasteiger partial charge in [-0.2, -0.15) is 0 Å². The SMILES string of the molecule is Cn1c2ccccc2c2cc(-c3cccc4c(-c5ccc6c(c5)C(c5ccccc5)(c5ccccc5)c5ccccc5-6)c5cccc(-c6ccc7c(c6)c6ccccc6n7Cc6ccc7c(c6)-c6ccc(-c8c9cccc(-c%10ccc%11c%12ccccc%12n(C)c%11c%10)c9cc9c(-c%10ccc%11c%12ccccc%12n(C)c%11c%10)cccc89)cc6C7(c6ccccc6)c6ccccc6)c5cc34)ccc21. The highest BCUT2D eigenvalue weighted by molar-refractivity contribution is 6.23. The summed E-state index contributed by atoms with van der Waals surface area (Å²) in [5.41, 5.74) is 39.1. The monoisotopic (exact) mass is 1700 g/mol. The van der Waals surface area contributed by atoms with Gasteiger partial charge >= 0.3 is 0 Å². The van der Waals surface area contributed by atoms with Crippen LogP contribution in [0, 0.1) is 0 Å². The highest BCUT2D eigenvalue weighted by atomic mass is 15.0. The van der Waals surface area contributed by atoms with Crippen molar-refractivity contribution in [3.8, 4) is 89.0 Å². The molecule has 0 aliphatic heterocycles.